The molecule has 138 valence electrons. The van der Waals surface area contributed by atoms with E-state index in [1.807, 2.05) is 0 Å². The van der Waals surface area contributed by atoms with Crippen molar-refractivity contribution in [3.8, 4) is 5.75 Å². The van der Waals surface area contributed by atoms with E-state index >= 15 is 0 Å². The Morgan fingerprint density at radius 2 is 1.64 bits per heavy atom. The molecule has 4 heteroatoms. The molecular weight excluding hydrogens is 331 g/mol. The molecule has 25 heavy (non-hydrogen) atoms. The Morgan fingerprint density at radius 3 is 2.24 bits per heavy atom. The summed E-state index contributed by atoms with van der Waals surface area (Å²) in [6, 6.07) is 10.3. The van der Waals surface area contributed by atoms with Gasteiger partial charge in [-0.25, -0.2) is 4.39 Å². The van der Waals surface area contributed by atoms with Gasteiger partial charge in [-0.1, -0.05) is 44.3 Å². The first kappa shape index (κ1) is 18.6. The standard InChI is InChI=1S/C21H31FO2Si/c1-2-13-25-14-11-17(12-15-25)16-3-5-18(6-4-16)21(23)24-20-9-7-19(22)8-10-20/h7-10,16-18,25H,2-6,11-15H2,1H3. The van der Waals surface area contributed by atoms with Crippen LogP contribution in [0, 0.1) is 23.6 Å². The van der Waals surface area contributed by atoms with E-state index in [4.69, 9.17) is 4.74 Å². The maximum absolute atomic E-state index is 12.9. The minimum Gasteiger partial charge on any atom is -0.426 e. The first-order valence-corrected chi connectivity index (χ1v) is 12.6. The van der Waals surface area contributed by atoms with Crippen molar-refractivity contribution in [3.05, 3.63) is 30.1 Å². The summed E-state index contributed by atoms with van der Waals surface area (Å²) in [5.41, 5.74) is 0. The summed E-state index contributed by atoms with van der Waals surface area (Å²) in [5.74, 6) is 1.77. The fourth-order valence-electron chi connectivity index (χ4n) is 4.88. The van der Waals surface area contributed by atoms with Crippen molar-refractivity contribution in [2.75, 3.05) is 0 Å². The van der Waals surface area contributed by atoms with Crippen LogP contribution in [0.2, 0.25) is 18.1 Å². The molecule has 0 spiro atoms. The lowest BCUT2D eigenvalue weighted by Gasteiger charge is -2.37. The van der Waals surface area contributed by atoms with Crippen molar-refractivity contribution in [2.45, 2.75) is 70.0 Å². The van der Waals surface area contributed by atoms with Gasteiger partial charge < -0.3 is 4.74 Å². The maximum atomic E-state index is 12.9. The number of halogens is 1. The van der Waals surface area contributed by atoms with Gasteiger partial charge in [0.1, 0.15) is 11.6 Å². The molecule has 1 aliphatic carbocycles. The van der Waals surface area contributed by atoms with Gasteiger partial charge in [-0.2, -0.15) is 0 Å². The quantitative estimate of drug-likeness (QED) is 0.388. The number of hydrogen-bond acceptors (Lipinski definition) is 2. The van der Waals surface area contributed by atoms with Crippen LogP contribution in [0.5, 0.6) is 5.75 Å². The first-order chi connectivity index (χ1) is 12.2. The lowest BCUT2D eigenvalue weighted by atomic mass is 9.74. The summed E-state index contributed by atoms with van der Waals surface area (Å²) in [4.78, 5) is 12.3. The van der Waals surface area contributed by atoms with E-state index in [9.17, 15) is 9.18 Å². The highest BCUT2D eigenvalue weighted by Crippen LogP contribution is 2.41. The monoisotopic (exact) mass is 362 g/mol. The van der Waals surface area contributed by atoms with Crippen LogP contribution >= 0.6 is 0 Å². The number of esters is 1. The molecule has 1 saturated carbocycles. The molecule has 1 aromatic rings. The molecule has 0 bridgehead atoms. The van der Waals surface area contributed by atoms with E-state index in [-0.39, 0.29) is 17.7 Å². The normalized spacial score (nSPS) is 30.0. The van der Waals surface area contributed by atoms with E-state index in [1.54, 1.807) is 12.1 Å². The van der Waals surface area contributed by atoms with Gasteiger partial charge in [-0.15, -0.1) is 0 Å². The predicted octanol–water partition coefficient (Wildman–Crippen LogP) is 5.58. The van der Waals surface area contributed by atoms with E-state index in [2.05, 4.69) is 6.92 Å². The molecule has 2 fully saturated rings. The smallest absolute Gasteiger partial charge is 0.314 e. The molecule has 0 atom stereocenters. The van der Waals surface area contributed by atoms with Crippen LogP contribution in [0.3, 0.4) is 0 Å². The molecule has 2 aliphatic rings. The maximum Gasteiger partial charge on any atom is 0.314 e. The molecule has 0 radical (unpaired) electrons. The Labute approximate surface area is 152 Å². The van der Waals surface area contributed by atoms with Crippen LogP contribution in [-0.4, -0.2) is 14.8 Å². The number of rotatable bonds is 5. The third-order valence-corrected chi connectivity index (χ3v) is 10.1. The van der Waals surface area contributed by atoms with Gasteiger partial charge in [-0.3, -0.25) is 4.79 Å². The summed E-state index contributed by atoms with van der Waals surface area (Å²) < 4.78 is 18.4. The zero-order valence-corrected chi connectivity index (χ0v) is 16.5. The second kappa shape index (κ2) is 8.97. The lowest BCUT2D eigenvalue weighted by Crippen LogP contribution is -2.31. The molecule has 1 saturated heterocycles. The Bertz CT molecular complexity index is 544. The van der Waals surface area contributed by atoms with Crippen LogP contribution in [0.25, 0.3) is 0 Å². The minimum absolute atomic E-state index is 0.0205. The Balaban J connectivity index is 1.42. The van der Waals surface area contributed by atoms with Crippen molar-refractivity contribution in [2.24, 2.45) is 17.8 Å². The van der Waals surface area contributed by atoms with Gasteiger partial charge >= 0.3 is 5.97 Å². The van der Waals surface area contributed by atoms with Crippen molar-refractivity contribution in [1.82, 2.24) is 0 Å². The lowest BCUT2D eigenvalue weighted by molar-refractivity contribution is -0.140. The third-order valence-electron chi connectivity index (χ3n) is 6.39. The van der Waals surface area contributed by atoms with Crippen LogP contribution < -0.4 is 4.74 Å². The van der Waals surface area contributed by atoms with Gasteiger partial charge in [0.25, 0.3) is 0 Å². The number of ether oxygens (including phenoxy) is 1. The average Bonchev–Trinajstić information content (AvgIpc) is 2.65. The van der Waals surface area contributed by atoms with Crippen LogP contribution in [0.1, 0.15) is 51.9 Å². The van der Waals surface area contributed by atoms with Gasteiger partial charge in [-0.05, 0) is 61.8 Å². The number of carbonyl (C=O) groups is 1. The molecule has 0 unspecified atom stereocenters. The van der Waals surface area contributed by atoms with Crippen molar-refractivity contribution in [1.29, 1.82) is 0 Å². The van der Waals surface area contributed by atoms with Crippen LogP contribution in [0.4, 0.5) is 4.39 Å². The molecule has 1 aliphatic heterocycles. The molecule has 1 aromatic carbocycles. The Hall–Kier alpha value is -1.16. The van der Waals surface area contributed by atoms with Crippen molar-refractivity contribution >= 4 is 14.8 Å². The Kier molecular flexibility index (Phi) is 6.68. The van der Waals surface area contributed by atoms with E-state index < -0.39 is 8.80 Å². The molecule has 3 rings (SSSR count). The number of carbonyl (C=O) groups excluding carboxylic acids is 1. The van der Waals surface area contributed by atoms with E-state index in [1.165, 1.54) is 62.4 Å². The minimum atomic E-state index is -0.392. The predicted molar refractivity (Wildman–Crippen MR) is 102 cm³/mol. The SMILES string of the molecule is CCC[SiH]1CCC(C2CCC(C(=O)Oc3ccc(F)cc3)CC2)CC1. The van der Waals surface area contributed by atoms with Crippen molar-refractivity contribution in [3.63, 3.8) is 0 Å². The molecule has 1 heterocycles. The van der Waals surface area contributed by atoms with E-state index in [0.717, 1.165) is 24.7 Å². The third kappa shape index (κ3) is 5.16. The largest absolute Gasteiger partial charge is 0.426 e. The summed E-state index contributed by atoms with van der Waals surface area (Å²) in [7, 11) is -0.392. The Morgan fingerprint density at radius 1 is 1.04 bits per heavy atom. The summed E-state index contributed by atoms with van der Waals surface area (Å²) in [6.07, 6.45) is 8.54. The van der Waals surface area contributed by atoms with Gasteiger partial charge in [0, 0.05) is 8.80 Å². The fourth-order valence-corrected chi connectivity index (χ4v) is 8.37. The number of hydrogen-bond donors (Lipinski definition) is 0. The van der Waals surface area contributed by atoms with Crippen molar-refractivity contribution < 1.29 is 13.9 Å². The van der Waals surface area contributed by atoms with Gasteiger partial charge in [0.15, 0.2) is 0 Å². The zero-order valence-electron chi connectivity index (χ0n) is 15.4. The van der Waals surface area contributed by atoms with Gasteiger partial charge in [0.2, 0.25) is 0 Å². The highest BCUT2D eigenvalue weighted by Gasteiger charge is 2.33. The summed E-state index contributed by atoms with van der Waals surface area (Å²) >= 11 is 0. The molecular formula is C21H31FO2Si. The average molecular weight is 363 g/mol. The summed E-state index contributed by atoms with van der Waals surface area (Å²) in [5, 5.41) is 0. The topological polar surface area (TPSA) is 26.3 Å². The van der Waals surface area contributed by atoms with Crippen LogP contribution in [0.15, 0.2) is 24.3 Å². The highest BCUT2D eigenvalue weighted by atomic mass is 28.3. The molecule has 0 amide bonds. The van der Waals surface area contributed by atoms with Crippen LogP contribution in [-0.2, 0) is 4.79 Å². The highest BCUT2D eigenvalue weighted by molar-refractivity contribution is 6.58. The second-order valence-electron chi connectivity index (χ2n) is 8.06. The van der Waals surface area contributed by atoms with Gasteiger partial charge in [0.05, 0.1) is 5.92 Å². The summed E-state index contributed by atoms with van der Waals surface area (Å²) in [6.45, 7) is 2.32. The van der Waals surface area contributed by atoms with E-state index in [0.29, 0.717) is 5.75 Å². The molecule has 0 N–H and O–H groups in total. The molecule has 2 nitrogen and oxygen atoms in total. The fraction of sp³-hybridized carbons (Fsp3) is 0.667. The molecule has 0 aromatic heterocycles. The number of benzene rings is 1. The zero-order chi connectivity index (χ0) is 17.6. The second-order valence-corrected chi connectivity index (χ2v) is 11.5. The first-order valence-electron chi connectivity index (χ1n) is 10.1.